The molecule has 0 bridgehead atoms. The maximum atomic E-state index is 10.8. The molecule has 4 rings (SSSR count). The number of nitrogens with zero attached hydrogens (tertiary/aromatic N) is 3. The lowest BCUT2D eigenvalue weighted by Gasteiger charge is -2.30. The Hall–Kier alpha value is -3.21. The van der Waals surface area contributed by atoms with Crippen LogP contribution in [0.15, 0.2) is 36.5 Å². The summed E-state index contributed by atoms with van der Waals surface area (Å²) < 4.78 is 5.76. The van der Waals surface area contributed by atoms with Crippen LogP contribution in [-0.2, 0) is 24.2 Å². The molecule has 6 nitrogen and oxygen atoms in total. The molecule has 0 radical (unpaired) electrons. The SMILES string of the molecule is CCc1c(-c2cnc(-c3ccc(OC(C)C)c(C#N)c3)s2)ccc2c1CCN(CCCC(=O)O)C2. The molecule has 0 fully saturated rings. The van der Waals surface area contributed by atoms with Crippen LogP contribution < -0.4 is 4.74 Å². The van der Waals surface area contributed by atoms with Crippen LogP contribution in [0, 0.1) is 11.3 Å². The van der Waals surface area contributed by atoms with Gasteiger partial charge >= 0.3 is 5.97 Å². The van der Waals surface area contributed by atoms with Gasteiger partial charge in [0, 0.05) is 31.3 Å². The van der Waals surface area contributed by atoms with Gasteiger partial charge in [-0.05, 0) is 80.1 Å². The van der Waals surface area contributed by atoms with E-state index in [1.54, 1.807) is 11.3 Å². The minimum absolute atomic E-state index is 0.00714. The summed E-state index contributed by atoms with van der Waals surface area (Å²) in [5.41, 5.74) is 6.81. The standard InChI is InChI=1S/C28H31N3O3S/c1-4-22-23-11-13-31(12-5-6-27(32)33)17-20(23)7-9-24(22)26-16-30-28(35-26)19-8-10-25(34-18(2)3)21(14-19)15-29/h7-10,14,16,18H,4-6,11-13,17H2,1-3H3,(H,32,33). The number of aliphatic carboxylic acids is 1. The molecule has 7 heteroatoms. The fraction of sp³-hybridized carbons (Fsp3) is 0.393. The molecule has 2 heterocycles. The minimum Gasteiger partial charge on any atom is -0.490 e. The Bertz CT molecular complexity index is 1260. The first-order chi connectivity index (χ1) is 16.9. The summed E-state index contributed by atoms with van der Waals surface area (Å²) >= 11 is 1.65. The Morgan fingerprint density at radius 1 is 1.31 bits per heavy atom. The number of hydrogen-bond donors (Lipinski definition) is 1. The summed E-state index contributed by atoms with van der Waals surface area (Å²) in [5.74, 6) is -0.129. The molecule has 0 atom stereocenters. The Balaban J connectivity index is 1.57. The number of carboxylic acids is 1. The van der Waals surface area contributed by atoms with Crippen molar-refractivity contribution in [1.82, 2.24) is 9.88 Å². The molecule has 2 aromatic carbocycles. The fourth-order valence-electron chi connectivity index (χ4n) is 4.71. The van der Waals surface area contributed by atoms with Gasteiger partial charge < -0.3 is 9.84 Å². The smallest absolute Gasteiger partial charge is 0.303 e. The average molecular weight is 490 g/mol. The monoisotopic (exact) mass is 489 g/mol. The number of nitriles is 1. The largest absolute Gasteiger partial charge is 0.490 e. The average Bonchev–Trinajstić information content (AvgIpc) is 3.33. The first-order valence-corrected chi connectivity index (χ1v) is 13.0. The molecule has 0 saturated heterocycles. The van der Waals surface area contributed by atoms with E-state index in [1.165, 1.54) is 22.3 Å². The lowest BCUT2D eigenvalue weighted by Crippen LogP contribution is -2.32. The van der Waals surface area contributed by atoms with Crippen LogP contribution in [0.1, 0.15) is 55.9 Å². The van der Waals surface area contributed by atoms with E-state index in [-0.39, 0.29) is 12.5 Å². The molecule has 1 aromatic heterocycles. The van der Waals surface area contributed by atoms with E-state index in [4.69, 9.17) is 9.84 Å². The van der Waals surface area contributed by atoms with E-state index in [9.17, 15) is 10.1 Å². The molecule has 0 unspecified atom stereocenters. The van der Waals surface area contributed by atoms with E-state index in [2.05, 4.69) is 35.0 Å². The van der Waals surface area contributed by atoms with E-state index in [0.717, 1.165) is 47.9 Å². The number of rotatable bonds is 9. The third-order valence-electron chi connectivity index (χ3n) is 6.30. The number of aromatic nitrogens is 1. The van der Waals surface area contributed by atoms with Gasteiger partial charge in [-0.1, -0.05) is 19.1 Å². The van der Waals surface area contributed by atoms with Crippen molar-refractivity contribution in [2.75, 3.05) is 13.1 Å². The van der Waals surface area contributed by atoms with Crippen molar-refractivity contribution in [2.24, 2.45) is 0 Å². The quantitative estimate of drug-likeness (QED) is 0.401. The summed E-state index contributed by atoms with van der Waals surface area (Å²) in [5, 5.41) is 19.4. The topological polar surface area (TPSA) is 86.5 Å². The predicted molar refractivity (Wildman–Crippen MR) is 139 cm³/mol. The lowest BCUT2D eigenvalue weighted by molar-refractivity contribution is -0.137. The number of carboxylic acid groups (broad SMARTS) is 1. The summed E-state index contributed by atoms with van der Waals surface area (Å²) in [6.07, 6.45) is 4.78. The fourth-order valence-corrected chi connectivity index (χ4v) is 5.67. The summed E-state index contributed by atoms with van der Waals surface area (Å²) in [4.78, 5) is 19.0. The molecule has 1 aliphatic heterocycles. The Labute approximate surface area is 210 Å². The highest BCUT2D eigenvalue weighted by Gasteiger charge is 2.22. The van der Waals surface area contributed by atoms with Gasteiger partial charge in [0.25, 0.3) is 0 Å². The van der Waals surface area contributed by atoms with Crippen LogP contribution >= 0.6 is 11.3 Å². The van der Waals surface area contributed by atoms with Gasteiger partial charge in [-0.25, -0.2) is 4.98 Å². The third-order valence-corrected chi connectivity index (χ3v) is 7.38. The second-order valence-corrected chi connectivity index (χ2v) is 10.2. The van der Waals surface area contributed by atoms with Crippen molar-refractivity contribution in [1.29, 1.82) is 5.26 Å². The van der Waals surface area contributed by atoms with Crippen LogP contribution in [0.4, 0.5) is 0 Å². The highest BCUT2D eigenvalue weighted by Crippen LogP contribution is 2.38. The number of hydrogen-bond acceptors (Lipinski definition) is 6. The van der Waals surface area contributed by atoms with Gasteiger partial charge in [-0.15, -0.1) is 11.3 Å². The highest BCUT2D eigenvalue weighted by atomic mass is 32.1. The Morgan fingerprint density at radius 3 is 2.86 bits per heavy atom. The van der Waals surface area contributed by atoms with Crippen molar-refractivity contribution < 1.29 is 14.6 Å². The molecule has 182 valence electrons. The number of benzene rings is 2. The van der Waals surface area contributed by atoms with Gasteiger partial charge in [0.15, 0.2) is 0 Å². The summed E-state index contributed by atoms with van der Waals surface area (Å²) in [6, 6.07) is 12.3. The van der Waals surface area contributed by atoms with Crippen molar-refractivity contribution in [2.45, 2.75) is 59.1 Å². The normalized spacial score (nSPS) is 13.5. The van der Waals surface area contributed by atoms with Crippen LogP contribution in [0.5, 0.6) is 5.75 Å². The minimum atomic E-state index is -0.729. The van der Waals surface area contributed by atoms with E-state index < -0.39 is 5.97 Å². The maximum Gasteiger partial charge on any atom is 0.303 e. The van der Waals surface area contributed by atoms with Crippen LogP contribution in [-0.4, -0.2) is 40.2 Å². The summed E-state index contributed by atoms with van der Waals surface area (Å²) in [7, 11) is 0. The molecule has 0 spiro atoms. The molecule has 0 aliphatic carbocycles. The van der Waals surface area contributed by atoms with Gasteiger partial charge in [-0.3, -0.25) is 9.69 Å². The molecule has 3 aromatic rings. The Morgan fingerprint density at radius 2 is 2.14 bits per heavy atom. The van der Waals surface area contributed by atoms with Crippen LogP contribution in [0.25, 0.3) is 21.0 Å². The van der Waals surface area contributed by atoms with Gasteiger partial charge in [0.2, 0.25) is 0 Å². The zero-order chi connectivity index (χ0) is 24.9. The number of ether oxygens (including phenoxy) is 1. The molecule has 1 aliphatic rings. The third kappa shape index (κ3) is 5.72. The lowest BCUT2D eigenvalue weighted by atomic mass is 9.89. The number of thiazole rings is 1. The molecule has 35 heavy (non-hydrogen) atoms. The van der Waals surface area contributed by atoms with Crippen molar-refractivity contribution >= 4 is 17.3 Å². The van der Waals surface area contributed by atoms with Crippen molar-refractivity contribution in [3.8, 4) is 32.8 Å². The van der Waals surface area contributed by atoms with E-state index in [1.807, 2.05) is 38.2 Å². The molecule has 1 N–H and O–H groups in total. The molecule has 0 amide bonds. The molecule has 0 saturated carbocycles. The summed E-state index contributed by atoms with van der Waals surface area (Å²) in [6.45, 7) is 8.74. The predicted octanol–water partition coefficient (Wildman–Crippen LogP) is 5.92. The number of carbonyl (C=O) groups is 1. The van der Waals surface area contributed by atoms with Crippen LogP contribution in [0.2, 0.25) is 0 Å². The van der Waals surface area contributed by atoms with Gasteiger partial charge in [-0.2, -0.15) is 5.26 Å². The number of fused-ring (bicyclic) bond motifs is 1. The molecular formula is C28H31N3O3S. The second-order valence-electron chi connectivity index (χ2n) is 9.13. The van der Waals surface area contributed by atoms with Crippen molar-refractivity contribution in [3.63, 3.8) is 0 Å². The zero-order valence-corrected chi connectivity index (χ0v) is 21.3. The van der Waals surface area contributed by atoms with E-state index in [0.29, 0.717) is 17.7 Å². The molecular weight excluding hydrogens is 458 g/mol. The second kappa shape index (κ2) is 11.0. The van der Waals surface area contributed by atoms with E-state index >= 15 is 0 Å². The zero-order valence-electron chi connectivity index (χ0n) is 20.5. The first kappa shape index (κ1) is 24.9. The van der Waals surface area contributed by atoms with Crippen LogP contribution in [0.3, 0.4) is 0 Å². The van der Waals surface area contributed by atoms with Gasteiger partial charge in [0.1, 0.15) is 16.8 Å². The Kier molecular flexibility index (Phi) is 7.84. The van der Waals surface area contributed by atoms with Crippen molar-refractivity contribution in [3.05, 3.63) is 58.8 Å². The highest BCUT2D eigenvalue weighted by molar-refractivity contribution is 7.18. The maximum absolute atomic E-state index is 10.8. The first-order valence-electron chi connectivity index (χ1n) is 12.1. The van der Waals surface area contributed by atoms with Gasteiger partial charge in [0.05, 0.1) is 16.5 Å².